The van der Waals surface area contributed by atoms with Gasteiger partial charge in [0.05, 0.1) is 0 Å². The first kappa shape index (κ1) is 7.53. The summed E-state index contributed by atoms with van der Waals surface area (Å²) < 4.78 is 1.78. The van der Waals surface area contributed by atoms with Crippen molar-refractivity contribution >= 4 is 0 Å². The van der Waals surface area contributed by atoms with Crippen LogP contribution in [0.2, 0.25) is 0 Å². The van der Waals surface area contributed by atoms with E-state index in [1.54, 1.807) is 10.6 Å². The Bertz CT molecular complexity index is 367. The van der Waals surface area contributed by atoms with Crippen molar-refractivity contribution in [3.8, 4) is 0 Å². The lowest BCUT2D eigenvalue weighted by Gasteiger charge is -2.00. The van der Waals surface area contributed by atoms with Crippen molar-refractivity contribution in [3.63, 3.8) is 0 Å². The molecule has 1 atom stereocenters. The maximum absolute atomic E-state index is 11.4. The number of aromatic nitrogens is 2. The summed E-state index contributed by atoms with van der Waals surface area (Å²) in [7, 11) is 0. The summed E-state index contributed by atoms with van der Waals surface area (Å²) in [6, 6.07) is 1.60. The van der Waals surface area contributed by atoms with Crippen LogP contribution in [-0.4, -0.2) is 9.55 Å². The molecule has 3 nitrogen and oxygen atoms in total. The first-order valence-corrected chi connectivity index (χ1v) is 4.24. The SMILES string of the molecule is Cc1cc(=O)n2c(n1)C[C@@H](C)C2. The van der Waals surface area contributed by atoms with Gasteiger partial charge in [-0.15, -0.1) is 0 Å². The van der Waals surface area contributed by atoms with Crippen molar-refractivity contribution in [2.45, 2.75) is 26.8 Å². The highest BCUT2D eigenvalue weighted by Gasteiger charge is 2.19. The van der Waals surface area contributed by atoms with Gasteiger partial charge in [0.15, 0.2) is 0 Å². The Labute approximate surface area is 71.1 Å². The Kier molecular flexibility index (Phi) is 1.53. The molecule has 0 saturated carbocycles. The molecule has 2 heterocycles. The standard InChI is InChI=1S/C9H12N2O/c1-6-3-8-10-7(2)4-9(12)11(8)5-6/h4,6H,3,5H2,1-2H3/t6-/m1/s1. The summed E-state index contributed by atoms with van der Waals surface area (Å²) in [5, 5.41) is 0. The molecule has 1 aromatic rings. The van der Waals surface area contributed by atoms with Gasteiger partial charge in [0.25, 0.3) is 5.56 Å². The van der Waals surface area contributed by atoms with Crippen LogP contribution in [0.1, 0.15) is 18.4 Å². The first-order chi connectivity index (χ1) is 5.66. The lowest BCUT2D eigenvalue weighted by molar-refractivity contribution is 0.556. The number of nitrogens with zero attached hydrogens (tertiary/aromatic N) is 2. The van der Waals surface area contributed by atoms with E-state index in [9.17, 15) is 4.79 Å². The summed E-state index contributed by atoms with van der Waals surface area (Å²) in [5.74, 6) is 1.51. The Balaban J connectivity index is 2.60. The number of aryl methyl sites for hydroxylation is 1. The molecule has 0 amide bonds. The number of hydrogen-bond donors (Lipinski definition) is 0. The third-order valence-electron chi connectivity index (χ3n) is 2.24. The average Bonchev–Trinajstić information content (AvgIpc) is 2.29. The van der Waals surface area contributed by atoms with Gasteiger partial charge >= 0.3 is 0 Å². The molecule has 0 fully saturated rings. The van der Waals surface area contributed by atoms with E-state index < -0.39 is 0 Å². The zero-order valence-corrected chi connectivity index (χ0v) is 7.37. The van der Waals surface area contributed by atoms with E-state index in [0.717, 1.165) is 24.5 Å². The second-order valence-corrected chi connectivity index (χ2v) is 3.57. The molecular weight excluding hydrogens is 152 g/mol. The third kappa shape index (κ3) is 1.05. The van der Waals surface area contributed by atoms with Crippen molar-refractivity contribution in [1.82, 2.24) is 9.55 Å². The maximum atomic E-state index is 11.4. The largest absolute Gasteiger partial charge is 0.296 e. The summed E-state index contributed by atoms with van der Waals surface area (Å²) >= 11 is 0. The normalized spacial score (nSPS) is 21.0. The zero-order valence-electron chi connectivity index (χ0n) is 7.37. The molecule has 0 aliphatic carbocycles. The van der Waals surface area contributed by atoms with E-state index in [1.165, 1.54) is 0 Å². The van der Waals surface area contributed by atoms with Crippen LogP contribution in [0, 0.1) is 12.8 Å². The Morgan fingerprint density at radius 3 is 3.17 bits per heavy atom. The smallest absolute Gasteiger partial charge is 0.253 e. The van der Waals surface area contributed by atoms with E-state index in [-0.39, 0.29) is 5.56 Å². The fourth-order valence-electron chi connectivity index (χ4n) is 1.72. The summed E-state index contributed by atoms with van der Waals surface area (Å²) in [6.45, 7) is 4.84. The van der Waals surface area contributed by atoms with Crippen LogP contribution in [0.3, 0.4) is 0 Å². The van der Waals surface area contributed by atoms with Crippen LogP contribution in [0.15, 0.2) is 10.9 Å². The molecule has 0 aromatic carbocycles. The Morgan fingerprint density at radius 2 is 2.42 bits per heavy atom. The molecule has 0 unspecified atom stereocenters. The van der Waals surface area contributed by atoms with E-state index in [1.807, 2.05) is 6.92 Å². The second-order valence-electron chi connectivity index (χ2n) is 3.57. The van der Waals surface area contributed by atoms with Crippen LogP contribution in [-0.2, 0) is 13.0 Å². The topological polar surface area (TPSA) is 34.9 Å². The van der Waals surface area contributed by atoms with Gasteiger partial charge in [-0.3, -0.25) is 9.36 Å². The third-order valence-corrected chi connectivity index (χ3v) is 2.24. The van der Waals surface area contributed by atoms with Crippen LogP contribution in [0.5, 0.6) is 0 Å². The van der Waals surface area contributed by atoms with E-state index in [4.69, 9.17) is 0 Å². The zero-order chi connectivity index (χ0) is 8.72. The first-order valence-electron chi connectivity index (χ1n) is 4.24. The Morgan fingerprint density at radius 1 is 1.67 bits per heavy atom. The lowest BCUT2D eigenvalue weighted by atomic mass is 10.1. The van der Waals surface area contributed by atoms with Gasteiger partial charge in [0.2, 0.25) is 0 Å². The highest BCUT2D eigenvalue weighted by molar-refractivity contribution is 5.06. The van der Waals surface area contributed by atoms with Crippen LogP contribution in [0.4, 0.5) is 0 Å². The number of hydrogen-bond acceptors (Lipinski definition) is 2. The molecule has 2 rings (SSSR count). The predicted molar refractivity (Wildman–Crippen MR) is 46.1 cm³/mol. The summed E-state index contributed by atoms with van der Waals surface area (Å²) in [4.78, 5) is 15.7. The van der Waals surface area contributed by atoms with E-state index in [2.05, 4.69) is 11.9 Å². The number of rotatable bonds is 0. The van der Waals surface area contributed by atoms with E-state index >= 15 is 0 Å². The molecule has 0 radical (unpaired) electrons. The minimum absolute atomic E-state index is 0.0989. The molecule has 1 aromatic heterocycles. The van der Waals surface area contributed by atoms with Crippen molar-refractivity contribution in [1.29, 1.82) is 0 Å². The molecule has 1 aliphatic heterocycles. The second kappa shape index (κ2) is 2.44. The van der Waals surface area contributed by atoms with E-state index in [0.29, 0.717) is 5.92 Å². The summed E-state index contributed by atoms with van der Waals surface area (Å²) in [5.41, 5.74) is 0.933. The number of fused-ring (bicyclic) bond motifs is 1. The lowest BCUT2D eigenvalue weighted by Crippen LogP contribution is -2.20. The van der Waals surface area contributed by atoms with Crippen LogP contribution in [0.25, 0.3) is 0 Å². The van der Waals surface area contributed by atoms with Crippen molar-refractivity contribution in [2.24, 2.45) is 5.92 Å². The fourth-order valence-corrected chi connectivity index (χ4v) is 1.72. The molecular formula is C9H12N2O. The molecule has 0 bridgehead atoms. The highest BCUT2D eigenvalue weighted by Crippen LogP contribution is 2.15. The van der Waals surface area contributed by atoms with Crippen LogP contribution < -0.4 is 5.56 Å². The van der Waals surface area contributed by atoms with Crippen LogP contribution >= 0.6 is 0 Å². The minimum atomic E-state index is 0.0989. The van der Waals surface area contributed by atoms with Crippen molar-refractivity contribution < 1.29 is 0 Å². The summed E-state index contributed by atoms with van der Waals surface area (Å²) in [6.07, 6.45) is 0.941. The maximum Gasteiger partial charge on any atom is 0.253 e. The van der Waals surface area contributed by atoms with Crippen molar-refractivity contribution in [3.05, 3.63) is 27.9 Å². The average molecular weight is 164 g/mol. The molecule has 0 saturated heterocycles. The fraction of sp³-hybridized carbons (Fsp3) is 0.556. The molecule has 0 N–H and O–H groups in total. The monoisotopic (exact) mass is 164 g/mol. The van der Waals surface area contributed by atoms with Gasteiger partial charge in [0.1, 0.15) is 5.82 Å². The molecule has 12 heavy (non-hydrogen) atoms. The quantitative estimate of drug-likeness (QED) is 0.567. The van der Waals surface area contributed by atoms with Gasteiger partial charge in [0, 0.05) is 24.7 Å². The minimum Gasteiger partial charge on any atom is -0.296 e. The molecule has 0 spiro atoms. The highest BCUT2D eigenvalue weighted by atomic mass is 16.1. The molecule has 3 heteroatoms. The molecule has 64 valence electrons. The van der Waals surface area contributed by atoms with Gasteiger partial charge in [-0.1, -0.05) is 6.92 Å². The van der Waals surface area contributed by atoms with Crippen molar-refractivity contribution in [2.75, 3.05) is 0 Å². The predicted octanol–water partition coefficient (Wildman–Crippen LogP) is 0.744. The van der Waals surface area contributed by atoms with Gasteiger partial charge in [-0.25, -0.2) is 4.98 Å². The molecule has 1 aliphatic rings. The van der Waals surface area contributed by atoms with Gasteiger partial charge in [-0.05, 0) is 12.8 Å². The Hall–Kier alpha value is -1.12. The van der Waals surface area contributed by atoms with Gasteiger partial charge in [-0.2, -0.15) is 0 Å². The van der Waals surface area contributed by atoms with Gasteiger partial charge < -0.3 is 0 Å².